The Hall–Kier alpha value is -3.17. The summed E-state index contributed by atoms with van der Waals surface area (Å²) in [6, 6.07) is 15.6. The number of hydrogen-bond donors (Lipinski definition) is 1. The van der Waals surface area contributed by atoms with E-state index < -0.39 is 36.4 Å². The first-order valence-corrected chi connectivity index (χ1v) is 17.2. The van der Waals surface area contributed by atoms with Gasteiger partial charge in [-0.15, -0.1) is 0 Å². The Bertz CT molecular complexity index is 1450. The van der Waals surface area contributed by atoms with E-state index in [9.17, 15) is 13.2 Å². The molecule has 3 aromatic carbocycles. The van der Waals surface area contributed by atoms with Gasteiger partial charge in [0.2, 0.25) is 0 Å². The Balaban J connectivity index is 1.26. The molecule has 0 radical (unpaired) electrons. The number of nitrogens with one attached hydrogen (secondary N) is 1. The predicted octanol–water partition coefficient (Wildman–Crippen LogP) is 8.97. The van der Waals surface area contributed by atoms with Gasteiger partial charge in [0.15, 0.2) is 0 Å². The van der Waals surface area contributed by atoms with Crippen molar-refractivity contribution in [3.05, 3.63) is 94.6 Å². The number of rotatable bonds is 6. The van der Waals surface area contributed by atoms with Crippen molar-refractivity contribution in [2.45, 2.75) is 89.6 Å². The van der Waals surface area contributed by atoms with Gasteiger partial charge in [-0.3, -0.25) is 4.90 Å². The lowest BCUT2D eigenvalue weighted by molar-refractivity contribution is -0.155. The molecular weight excluding hydrogens is 609 g/mol. The van der Waals surface area contributed by atoms with Crippen molar-refractivity contribution in [3.63, 3.8) is 0 Å². The highest BCUT2D eigenvalue weighted by atomic mass is 19.4. The van der Waals surface area contributed by atoms with Gasteiger partial charge in [-0.2, -0.15) is 13.2 Å². The third-order valence-corrected chi connectivity index (χ3v) is 10.5. The molecule has 2 fully saturated rings. The topological polar surface area (TPSA) is 27.7 Å². The highest BCUT2D eigenvalue weighted by Crippen LogP contribution is 2.45. The molecule has 1 unspecified atom stereocenters. The molecule has 0 aromatic heterocycles. The van der Waals surface area contributed by atoms with Gasteiger partial charge in [0, 0.05) is 30.4 Å². The molecule has 0 aliphatic carbocycles. The summed E-state index contributed by atoms with van der Waals surface area (Å²) in [6.07, 6.45) is 4.65. The van der Waals surface area contributed by atoms with E-state index in [2.05, 4.69) is 10.2 Å². The number of hydrogen-bond acceptors (Lipinski definition) is 4. The summed E-state index contributed by atoms with van der Waals surface area (Å²) in [7, 11) is 0. The Labute approximate surface area is 275 Å². The number of anilines is 1. The van der Waals surface area contributed by atoms with Crippen LogP contribution in [0.2, 0.25) is 0 Å². The van der Waals surface area contributed by atoms with Gasteiger partial charge in [0.25, 0.3) is 0 Å². The second-order valence-corrected chi connectivity index (χ2v) is 13.9. The molecule has 3 aliphatic heterocycles. The van der Waals surface area contributed by atoms with Gasteiger partial charge in [0.05, 0.1) is 12.6 Å². The fraction of sp³-hybridized carbons (Fsp3) is 0.526. The number of ether oxygens (including phenoxy) is 1. The van der Waals surface area contributed by atoms with Crippen LogP contribution in [-0.4, -0.2) is 49.8 Å². The van der Waals surface area contributed by atoms with E-state index in [1.807, 2.05) is 30.3 Å². The van der Waals surface area contributed by atoms with E-state index in [4.69, 9.17) is 4.74 Å². The van der Waals surface area contributed by atoms with Crippen LogP contribution >= 0.6 is 0 Å². The lowest BCUT2D eigenvalue weighted by Gasteiger charge is -2.43. The lowest BCUT2D eigenvalue weighted by atomic mass is 9.71. The molecule has 9 heteroatoms. The maximum Gasteiger partial charge on any atom is 0.401 e. The first kappa shape index (κ1) is 33.7. The minimum Gasteiger partial charge on any atom is -0.489 e. The largest absolute Gasteiger partial charge is 0.489 e. The van der Waals surface area contributed by atoms with Gasteiger partial charge in [-0.1, -0.05) is 36.4 Å². The molecule has 0 saturated carbocycles. The Morgan fingerprint density at radius 3 is 2.13 bits per heavy atom. The maximum atomic E-state index is 16.2. The van der Waals surface area contributed by atoms with E-state index in [0.717, 1.165) is 49.9 Å². The summed E-state index contributed by atoms with van der Waals surface area (Å²) < 4.78 is 80.1. The summed E-state index contributed by atoms with van der Waals surface area (Å²) in [5, 5.41) is 3.50. The van der Waals surface area contributed by atoms with Crippen LogP contribution in [0.15, 0.2) is 60.7 Å². The summed E-state index contributed by atoms with van der Waals surface area (Å²) in [5.74, 6) is -1.06. The third kappa shape index (κ3) is 8.11. The van der Waals surface area contributed by atoms with Crippen LogP contribution in [0.3, 0.4) is 0 Å². The minimum absolute atomic E-state index is 0.303. The smallest absolute Gasteiger partial charge is 0.401 e. The van der Waals surface area contributed by atoms with Crippen molar-refractivity contribution < 1.29 is 26.7 Å². The summed E-state index contributed by atoms with van der Waals surface area (Å²) >= 11 is 0. The molecule has 2 atom stereocenters. The van der Waals surface area contributed by atoms with Crippen LogP contribution in [-0.2, 0) is 13.0 Å². The van der Waals surface area contributed by atoms with Gasteiger partial charge >= 0.3 is 6.18 Å². The minimum atomic E-state index is -4.54. The second kappa shape index (κ2) is 14.5. The highest BCUT2D eigenvalue weighted by molar-refractivity contribution is 5.52. The van der Waals surface area contributed by atoms with E-state index >= 15 is 8.78 Å². The van der Waals surface area contributed by atoms with E-state index in [1.54, 1.807) is 25.1 Å². The molecule has 3 aromatic rings. The molecule has 47 heavy (non-hydrogen) atoms. The zero-order valence-corrected chi connectivity index (χ0v) is 27.2. The fourth-order valence-corrected chi connectivity index (χ4v) is 8.23. The highest BCUT2D eigenvalue weighted by Gasteiger charge is 2.43. The van der Waals surface area contributed by atoms with Crippen molar-refractivity contribution in [1.82, 2.24) is 10.2 Å². The molecule has 1 spiro atoms. The molecular formula is C38H46F5N3O. The predicted molar refractivity (Wildman–Crippen MR) is 176 cm³/mol. The molecule has 3 aliphatic rings. The van der Waals surface area contributed by atoms with Gasteiger partial charge in [-0.05, 0) is 124 Å². The molecule has 254 valence electrons. The first-order valence-electron chi connectivity index (χ1n) is 17.2. The number of benzene rings is 3. The summed E-state index contributed by atoms with van der Waals surface area (Å²) in [4.78, 5) is 3.24. The quantitative estimate of drug-likeness (QED) is 0.269. The number of nitrogens with zero attached hydrogens (tertiary/aromatic N) is 2. The second-order valence-electron chi connectivity index (χ2n) is 13.9. The lowest BCUT2D eigenvalue weighted by Crippen LogP contribution is -2.47. The van der Waals surface area contributed by atoms with Crippen LogP contribution in [0.4, 0.5) is 27.6 Å². The molecule has 3 heterocycles. The molecule has 2 saturated heterocycles. The molecule has 0 bridgehead atoms. The van der Waals surface area contributed by atoms with Crippen molar-refractivity contribution in [2.24, 2.45) is 5.41 Å². The Morgan fingerprint density at radius 1 is 0.851 bits per heavy atom. The van der Waals surface area contributed by atoms with E-state index in [-0.39, 0.29) is 5.56 Å². The number of alkyl halides is 3. The standard InChI is InChI=1S/C38H46F5N3O/c1-27-21-29-22-31(47-25-28-9-3-2-4-10-28)11-12-32(29)36(46(27)26-38(41,42)43)35-33(39)23-30(24-34(35)40)45-19-7-15-37(16-8-20-45)13-5-17-44-18-6-14-37/h2-4,9-12,22-24,27,36,44H,5-8,13-21,25-26H2,1H3/t27-,36?/m1/s1. The van der Waals surface area contributed by atoms with Gasteiger partial charge in [-0.25, -0.2) is 8.78 Å². The summed E-state index contributed by atoms with van der Waals surface area (Å²) in [6.45, 7) is 4.27. The SMILES string of the molecule is C[C@@H]1Cc2cc(OCc3ccccc3)ccc2C(c2c(F)cc(N3CCCC4(CCCNCCC4)CCC3)cc2F)N1CC(F)(F)F. The van der Waals surface area contributed by atoms with E-state index in [0.29, 0.717) is 48.5 Å². The monoisotopic (exact) mass is 655 g/mol. The number of fused-ring (bicyclic) bond motifs is 1. The Morgan fingerprint density at radius 2 is 1.49 bits per heavy atom. The van der Waals surface area contributed by atoms with Gasteiger partial charge in [0.1, 0.15) is 24.0 Å². The van der Waals surface area contributed by atoms with Crippen LogP contribution in [0, 0.1) is 17.0 Å². The summed E-state index contributed by atoms with van der Waals surface area (Å²) in [5.41, 5.74) is 2.66. The average Bonchev–Trinajstić information content (AvgIpc) is 3.00. The maximum absolute atomic E-state index is 16.2. The van der Waals surface area contributed by atoms with Crippen LogP contribution in [0.25, 0.3) is 0 Å². The fourth-order valence-electron chi connectivity index (χ4n) is 8.23. The van der Waals surface area contributed by atoms with Crippen LogP contribution in [0.5, 0.6) is 5.75 Å². The van der Waals surface area contributed by atoms with Gasteiger partial charge < -0.3 is 15.0 Å². The van der Waals surface area contributed by atoms with Crippen LogP contribution < -0.4 is 15.0 Å². The van der Waals surface area contributed by atoms with Crippen LogP contribution in [0.1, 0.15) is 86.6 Å². The van der Waals surface area contributed by atoms with Crippen molar-refractivity contribution in [3.8, 4) is 5.75 Å². The zero-order valence-electron chi connectivity index (χ0n) is 27.2. The van der Waals surface area contributed by atoms with Crippen molar-refractivity contribution in [1.29, 1.82) is 0 Å². The van der Waals surface area contributed by atoms with E-state index in [1.165, 1.54) is 42.7 Å². The Kier molecular flexibility index (Phi) is 10.4. The van der Waals surface area contributed by atoms with Crippen molar-refractivity contribution in [2.75, 3.05) is 37.6 Å². The number of halogens is 5. The molecule has 1 N–H and O–H groups in total. The molecule has 4 nitrogen and oxygen atoms in total. The van der Waals surface area contributed by atoms with Crippen molar-refractivity contribution >= 4 is 5.69 Å². The normalized spacial score (nSPS) is 22.6. The molecule has 6 rings (SSSR count). The zero-order chi connectivity index (χ0) is 33.0. The average molecular weight is 656 g/mol. The molecule has 0 amide bonds. The third-order valence-electron chi connectivity index (χ3n) is 10.5. The first-order chi connectivity index (χ1) is 22.6.